The molecule has 1 aliphatic rings. The Hall–Kier alpha value is -1.00. The van der Waals surface area contributed by atoms with Gasteiger partial charge in [0.15, 0.2) is 5.12 Å². The van der Waals surface area contributed by atoms with Gasteiger partial charge in [-0.1, -0.05) is 26.0 Å². The van der Waals surface area contributed by atoms with Crippen LogP contribution < -0.4 is 10.1 Å². The molecule has 1 aliphatic carbocycles. The highest BCUT2D eigenvalue weighted by Crippen LogP contribution is 2.26. The van der Waals surface area contributed by atoms with Crippen LogP contribution >= 0.6 is 12.6 Å². The molecule has 1 aromatic rings. The highest BCUT2D eigenvalue weighted by Gasteiger charge is 2.30. The van der Waals surface area contributed by atoms with Gasteiger partial charge in [0.1, 0.15) is 11.9 Å². The van der Waals surface area contributed by atoms with Crippen LogP contribution in [0.4, 0.5) is 0 Å². The van der Waals surface area contributed by atoms with Crippen molar-refractivity contribution < 1.29 is 9.53 Å². The number of rotatable bonds is 6. The third-order valence-corrected chi connectivity index (χ3v) is 3.40. The molecular weight excluding hydrogens is 258 g/mol. The molecule has 4 heteroatoms. The third-order valence-electron chi connectivity index (χ3n) is 3.25. The quantitative estimate of drug-likeness (QED) is 0.786. The second-order valence-electron chi connectivity index (χ2n) is 5.44. The van der Waals surface area contributed by atoms with E-state index in [0.29, 0.717) is 24.6 Å². The number of carbonyl (C=O) groups is 1. The van der Waals surface area contributed by atoms with Crippen LogP contribution in [0.3, 0.4) is 0 Å². The van der Waals surface area contributed by atoms with Crippen LogP contribution in [0.5, 0.6) is 5.75 Å². The Morgan fingerprint density at radius 1 is 1.37 bits per heavy atom. The molecule has 0 amide bonds. The predicted octanol–water partition coefficient (Wildman–Crippen LogP) is 2.59. The van der Waals surface area contributed by atoms with Crippen molar-refractivity contribution in [2.24, 2.45) is 0 Å². The van der Waals surface area contributed by atoms with E-state index in [1.807, 2.05) is 24.3 Å². The maximum atomic E-state index is 10.9. The summed E-state index contributed by atoms with van der Waals surface area (Å²) < 4.78 is 5.88. The Kier molecular flexibility index (Phi) is 4.88. The van der Waals surface area contributed by atoms with E-state index < -0.39 is 0 Å². The summed E-state index contributed by atoms with van der Waals surface area (Å²) in [7, 11) is 0. The summed E-state index contributed by atoms with van der Waals surface area (Å²) in [4.78, 5) is 10.9. The smallest absolute Gasteiger partial charge is 0.190 e. The molecule has 0 atom stereocenters. The number of carbonyl (C=O) groups excluding carboxylic acids is 1. The summed E-state index contributed by atoms with van der Waals surface area (Å²) in [5, 5.41) is 3.38. The Balaban J connectivity index is 1.77. The molecule has 3 nitrogen and oxygen atoms in total. The van der Waals surface area contributed by atoms with E-state index in [2.05, 4.69) is 31.8 Å². The summed E-state index contributed by atoms with van der Waals surface area (Å²) in [6.45, 7) is 4.32. The summed E-state index contributed by atoms with van der Waals surface area (Å²) in [5.41, 5.74) is 0.973. The first-order valence-electron chi connectivity index (χ1n) is 6.76. The first kappa shape index (κ1) is 14.4. The zero-order valence-electron chi connectivity index (χ0n) is 11.4. The molecule has 0 heterocycles. The van der Waals surface area contributed by atoms with Gasteiger partial charge < -0.3 is 10.1 Å². The molecule has 0 bridgehead atoms. The molecule has 0 saturated heterocycles. The number of nitrogens with one attached hydrogen (secondary N) is 1. The van der Waals surface area contributed by atoms with Gasteiger partial charge in [-0.05, 0) is 30.5 Å². The molecule has 0 aliphatic heterocycles. The largest absolute Gasteiger partial charge is 0.490 e. The standard InChI is InChI=1S/C15H21NO2S/c1-10(2)16-12-8-14(9-12)18-13-5-3-11(4-6-13)7-15(17)19/h3-6,10,12,14,16H,7-9H2,1-2H3,(H,17,19). The van der Waals surface area contributed by atoms with Gasteiger partial charge in [0.05, 0.1) is 0 Å². The van der Waals surface area contributed by atoms with Crippen LogP contribution in [-0.4, -0.2) is 23.3 Å². The normalized spacial score (nSPS) is 22.1. The second kappa shape index (κ2) is 6.44. The molecule has 0 aromatic heterocycles. The van der Waals surface area contributed by atoms with Gasteiger partial charge in [-0.3, -0.25) is 4.79 Å². The van der Waals surface area contributed by atoms with Crippen molar-refractivity contribution in [3.05, 3.63) is 29.8 Å². The van der Waals surface area contributed by atoms with Crippen molar-refractivity contribution in [3.8, 4) is 5.75 Å². The molecular formula is C15H21NO2S. The molecule has 2 rings (SSSR count). The zero-order valence-corrected chi connectivity index (χ0v) is 12.3. The highest BCUT2D eigenvalue weighted by molar-refractivity contribution is 7.96. The van der Waals surface area contributed by atoms with Crippen molar-refractivity contribution in [2.45, 2.75) is 51.3 Å². The van der Waals surface area contributed by atoms with Crippen LogP contribution in [-0.2, 0) is 11.2 Å². The first-order valence-corrected chi connectivity index (χ1v) is 7.21. The van der Waals surface area contributed by atoms with E-state index in [0.717, 1.165) is 24.2 Å². The van der Waals surface area contributed by atoms with Crippen molar-refractivity contribution in [2.75, 3.05) is 0 Å². The van der Waals surface area contributed by atoms with Gasteiger partial charge >= 0.3 is 0 Å². The fraction of sp³-hybridized carbons (Fsp3) is 0.533. The molecule has 0 spiro atoms. The van der Waals surface area contributed by atoms with E-state index in [4.69, 9.17) is 4.74 Å². The number of thiol groups is 1. The number of benzene rings is 1. The lowest BCUT2D eigenvalue weighted by atomic mass is 9.88. The number of hydrogen-bond donors (Lipinski definition) is 2. The fourth-order valence-electron chi connectivity index (χ4n) is 2.32. The minimum atomic E-state index is -0.115. The lowest BCUT2D eigenvalue weighted by molar-refractivity contribution is -0.110. The van der Waals surface area contributed by atoms with Crippen LogP contribution in [0.25, 0.3) is 0 Å². The molecule has 19 heavy (non-hydrogen) atoms. The third kappa shape index (κ3) is 4.55. The summed E-state index contributed by atoms with van der Waals surface area (Å²) in [6.07, 6.45) is 2.81. The molecule has 1 saturated carbocycles. The summed E-state index contributed by atoms with van der Waals surface area (Å²) in [5.74, 6) is 0.878. The Morgan fingerprint density at radius 3 is 2.53 bits per heavy atom. The molecule has 1 aromatic carbocycles. The number of ether oxygens (including phenoxy) is 1. The highest BCUT2D eigenvalue weighted by atomic mass is 32.1. The van der Waals surface area contributed by atoms with Crippen LogP contribution in [0.2, 0.25) is 0 Å². The Labute approximate surface area is 120 Å². The van der Waals surface area contributed by atoms with E-state index in [1.165, 1.54) is 0 Å². The van der Waals surface area contributed by atoms with Gasteiger partial charge in [0.25, 0.3) is 0 Å². The lowest BCUT2D eigenvalue weighted by Crippen LogP contribution is -2.49. The molecule has 1 fully saturated rings. The lowest BCUT2D eigenvalue weighted by Gasteiger charge is -2.37. The topological polar surface area (TPSA) is 38.3 Å². The van der Waals surface area contributed by atoms with Gasteiger partial charge in [-0.2, -0.15) is 0 Å². The zero-order chi connectivity index (χ0) is 13.8. The van der Waals surface area contributed by atoms with Crippen LogP contribution in [0, 0.1) is 0 Å². The summed E-state index contributed by atoms with van der Waals surface area (Å²) in [6, 6.07) is 8.82. The predicted molar refractivity (Wildman–Crippen MR) is 79.8 cm³/mol. The number of hydrogen-bond acceptors (Lipinski definition) is 3. The van der Waals surface area contributed by atoms with Gasteiger partial charge in [-0.15, -0.1) is 12.6 Å². The van der Waals surface area contributed by atoms with Crippen LogP contribution in [0.15, 0.2) is 24.3 Å². The van der Waals surface area contributed by atoms with Crippen molar-refractivity contribution in [1.82, 2.24) is 5.32 Å². The van der Waals surface area contributed by atoms with Crippen molar-refractivity contribution in [3.63, 3.8) is 0 Å². The van der Waals surface area contributed by atoms with E-state index in [1.54, 1.807) is 0 Å². The van der Waals surface area contributed by atoms with E-state index in [9.17, 15) is 4.79 Å². The molecule has 104 valence electrons. The first-order chi connectivity index (χ1) is 9.02. The second-order valence-corrected chi connectivity index (χ2v) is 5.94. The van der Waals surface area contributed by atoms with Gasteiger partial charge in [-0.25, -0.2) is 0 Å². The summed E-state index contributed by atoms with van der Waals surface area (Å²) >= 11 is 3.78. The average Bonchev–Trinajstić information content (AvgIpc) is 2.27. The monoisotopic (exact) mass is 279 g/mol. The minimum Gasteiger partial charge on any atom is -0.490 e. The molecule has 0 radical (unpaired) electrons. The van der Waals surface area contributed by atoms with E-state index in [-0.39, 0.29) is 5.12 Å². The minimum absolute atomic E-state index is 0.115. The molecule has 0 unspecified atom stereocenters. The Morgan fingerprint density at radius 2 is 2.00 bits per heavy atom. The van der Waals surface area contributed by atoms with Crippen LogP contribution in [0.1, 0.15) is 32.3 Å². The van der Waals surface area contributed by atoms with Gasteiger partial charge in [0, 0.05) is 18.5 Å². The Bertz CT molecular complexity index is 424. The van der Waals surface area contributed by atoms with Crippen molar-refractivity contribution in [1.29, 1.82) is 0 Å². The maximum absolute atomic E-state index is 10.9. The average molecular weight is 279 g/mol. The van der Waals surface area contributed by atoms with Gasteiger partial charge in [0.2, 0.25) is 0 Å². The van der Waals surface area contributed by atoms with Crippen molar-refractivity contribution >= 4 is 17.7 Å². The SMILES string of the molecule is CC(C)NC1CC(Oc2ccc(CC(=O)S)cc2)C1. The van der Waals surface area contributed by atoms with E-state index >= 15 is 0 Å². The fourth-order valence-corrected chi connectivity index (χ4v) is 2.50. The maximum Gasteiger partial charge on any atom is 0.190 e. The molecule has 1 N–H and O–H groups in total.